The zero-order valence-corrected chi connectivity index (χ0v) is 11.7. The third-order valence-electron chi connectivity index (χ3n) is 4.19. The Morgan fingerprint density at radius 2 is 2.21 bits per heavy atom. The first-order valence-electron chi connectivity index (χ1n) is 7.27. The van der Waals surface area contributed by atoms with E-state index in [9.17, 15) is 9.59 Å². The molecule has 1 aliphatic carbocycles. The lowest BCUT2D eigenvalue weighted by molar-refractivity contribution is -0.133. The van der Waals surface area contributed by atoms with E-state index >= 15 is 0 Å². The van der Waals surface area contributed by atoms with Crippen molar-refractivity contribution in [3.63, 3.8) is 0 Å². The number of likely N-dealkylation sites (tertiary alicyclic amines) is 1. The Labute approximate surface area is 114 Å². The molecule has 1 N–H and O–H groups in total. The maximum atomic E-state index is 11.9. The Bertz CT molecular complexity index is 340. The SMILES string of the molecule is CCOCC1(CNC(=O)CN2CCCC2=O)CCC1. The summed E-state index contributed by atoms with van der Waals surface area (Å²) in [7, 11) is 0. The molecule has 1 heterocycles. The van der Waals surface area contributed by atoms with Crippen molar-refractivity contribution in [2.45, 2.75) is 39.0 Å². The molecule has 0 atom stereocenters. The number of nitrogens with one attached hydrogen (secondary N) is 1. The molecule has 0 bridgehead atoms. The van der Waals surface area contributed by atoms with Crippen molar-refractivity contribution >= 4 is 11.8 Å². The van der Waals surface area contributed by atoms with Crippen molar-refractivity contribution in [1.29, 1.82) is 0 Å². The van der Waals surface area contributed by atoms with Crippen molar-refractivity contribution < 1.29 is 14.3 Å². The molecule has 1 saturated carbocycles. The summed E-state index contributed by atoms with van der Waals surface area (Å²) in [6, 6.07) is 0. The molecule has 108 valence electrons. The van der Waals surface area contributed by atoms with Gasteiger partial charge in [0.25, 0.3) is 0 Å². The lowest BCUT2D eigenvalue weighted by Gasteiger charge is -2.41. The average molecular weight is 268 g/mol. The summed E-state index contributed by atoms with van der Waals surface area (Å²) in [5.74, 6) is 0.0563. The van der Waals surface area contributed by atoms with Gasteiger partial charge >= 0.3 is 0 Å². The van der Waals surface area contributed by atoms with Gasteiger partial charge in [0, 0.05) is 31.5 Å². The molecule has 19 heavy (non-hydrogen) atoms. The molecule has 1 aliphatic heterocycles. The average Bonchev–Trinajstić information content (AvgIpc) is 2.73. The van der Waals surface area contributed by atoms with Gasteiger partial charge in [-0.15, -0.1) is 0 Å². The van der Waals surface area contributed by atoms with E-state index in [1.165, 1.54) is 6.42 Å². The lowest BCUT2D eigenvalue weighted by atomic mass is 9.69. The Kier molecular flexibility index (Phi) is 4.80. The maximum Gasteiger partial charge on any atom is 0.239 e. The molecule has 2 fully saturated rings. The Morgan fingerprint density at radius 3 is 2.74 bits per heavy atom. The summed E-state index contributed by atoms with van der Waals surface area (Å²) >= 11 is 0. The molecule has 0 spiro atoms. The van der Waals surface area contributed by atoms with Gasteiger partial charge in [0.05, 0.1) is 13.2 Å². The number of carbonyl (C=O) groups is 2. The van der Waals surface area contributed by atoms with Crippen LogP contribution in [0.4, 0.5) is 0 Å². The normalized spacial score (nSPS) is 21.3. The molecule has 0 unspecified atom stereocenters. The van der Waals surface area contributed by atoms with Crippen LogP contribution >= 0.6 is 0 Å². The van der Waals surface area contributed by atoms with Crippen molar-refractivity contribution in [2.75, 3.05) is 32.8 Å². The van der Waals surface area contributed by atoms with Crippen LogP contribution < -0.4 is 5.32 Å². The van der Waals surface area contributed by atoms with E-state index in [4.69, 9.17) is 4.74 Å². The molecule has 5 heteroatoms. The predicted molar refractivity (Wildman–Crippen MR) is 71.6 cm³/mol. The summed E-state index contributed by atoms with van der Waals surface area (Å²) in [5.41, 5.74) is 0.140. The van der Waals surface area contributed by atoms with E-state index in [0.29, 0.717) is 13.0 Å². The third-order valence-corrected chi connectivity index (χ3v) is 4.19. The number of nitrogens with zero attached hydrogens (tertiary/aromatic N) is 1. The van der Waals surface area contributed by atoms with Gasteiger partial charge in [-0.05, 0) is 26.2 Å². The van der Waals surface area contributed by atoms with Crippen molar-refractivity contribution in [1.82, 2.24) is 10.2 Å². The Hall–Kier alpha value is -1.10. The maximum absolute atomic E-state index is 11.9. The van der Waals surface area contributed by atoms with Crippen molar-refractivity contribution in [3.8, 4) is 0 Å². The predicted octanol–water partition coefficient (Wildman–Crippen LogP) is 0.932. The van der Waals surface area contributed by atoms with Crippen LogP contribution in [0.2, 0.25) is 0 Å². The highest BCUT2D eigenvalue weighted by molar-refractivity contribution is 5.85. The summed E-state index contributed by atoms with van der Waals surface area (Å²) in [5, 5.41) is 2.97. The third kappa shape index (κ3) is 3.69. The standard InChI is InChI=1S/C14H24N2O3/c1-2-19-11-14(6-4-7-14)10-15-12(17)9-16-8-3-5-13(16)18/h2-11H2,1H3,(H,15,17). The summed E-state index contributed by atoms with van der Waals surface area (Å²) in [4.78, 5) is 24.9. The first kappa shape index (κ1) is 14.3. The van der Waals surface area contributed by atoms with Gasteiger partial charge in [0.1, 0.15) is 0 Å². The second kappa shape index (κ2) is 6.37. The van der Waals surface area contributed by atoms with E-state index < -0.39 is 0 Å². The van der Waals surface area contributed by atoms with Gasteiger partial charge in [-0.3, -0.25) is 9.59 Å². The van der Waals surface area contributed by atoms with Gasteiger partial charge in [0.15, 0.2) is 0 Å². The summed E-state index contributed by atoms with van der Waals surface area (Å²) in [6.45, 7) is 5.04. The first-order chi connectivity index (χ1) is 9.15. The van der Waals surface area contributed by atoms with Crippen molar-refractivity contribution in [3.05, 3.63) is 0 Å². The summed E-state index contributed by atoms with van der Waals surface area (Å²) < 4.78 is 5.51. The first-order valence-corrected chi connectivity index (χ1v) is 7.27. The van der Waals surface area contributed by atoms with Gasteiger partial charge in [-0.25, -0.2) is 0 Å². The van der Waals surface area contributed by atoms with E-state index in [-0.39, 0.29) is 23.8 Å². The number of hydrogen-bond acceptors (Lipinski definition) is 3. The zero-order valence-electron chi connectivity index (χ0n) is 11.7. The fourth-order valence-corrected chi connectivity index (χ4v) is 2.75. The molecule has 5 nitrogen and oxygen atoms in total. The van der Waals surface area contributed by atoms with E-state index in [1.807, 2.05) is 6.92 Å². The zero-order chi connectivity index (χ0) is 13.7. The second-order valence-corrected chi connectivity index (χ2v) is 5.69. The number of amides is 2. The number of carbonyl (C=O) groups excluding carboxylic acids is 2. The number of ether oxygens (including phenoxy) is 1. The highest BCUT2D eigenvalue weighted by Crippen LogP contribution is 2.40. The monoisotopic (exact) mass is 268 g/mol. The topological polar surface area (TPSA) is 58.6 Å². The van der Waals surface area contributed by atoms with Crippen LogP contribution in [-0.2, 0) is 14.3 Å². The quantitative estimate of drug-likeness (QED) is 0.747. The molecular formula is C14H24N2O3. The highest BCUT2D eigenvalue weighted by atomic mass is 16.5. The molecule has 0 aromatic rings. The van der Waals surface area contributed by atoms with Gasteiger partial charge < -0.3 is 15.0 Å². The van der Waals surface area contributed by atoms with Gasteiger partial charge in [-0.2, -0.15) is 0 Å². The Morgan fingerprint density at radius 1 is 1.42 bits per heavy atom. The molecule has 0 radical (unpaired) electrons. The van der Waals surface area contributed by atoms with Crippen LogP contribution in [-0.4, -0.2) is 49.6 Å². The summed E-state index contributed by atoms with van der Waals surface area (Å²) in [6.07, 6.45) is 4.92. The van der Waals surface area contributed by atoms with Gasteiger partial charge in [0.2, 0.25) is 11.8 Å². The highest BCUT2D eigenvalue weighted by Gasteiger charge is 2.37. The van der Waals surface area contributed by atoms with E-state index in [1.54, 1.807) is 4.90 Å². The van der Waals surface area contributed by atoms with Crippen LogP contribution in [0.3, 0.4) is 0 Å². The fraction of sp³-hybridized carbons (Fsp3) is 0.857. The molecule has 0 aromatic carbocycles. The van der Waals surface area contributed by atoms with Crippen LogP contribution in [0.1, 0.15) is 39.0 Å². The molecule has 2 rings (SSSR count). The minimum absolute atomic E-state index is 0.0435. The second-order valence-electron chi connectivity index (χ2n) is 5.69. The number of hydrogen-bond donors (Lipinski definition) is 1. The molecule has 0 aromatic heterocycles. The van der Waals surface area contributed by atoms with E-state index in [0.717, 1.165) is 39.0 Å². The minimum Gasteiger partial charge on any atom is -0.381 e. The lowest BCUT2D eigenvalue weighted by Crippen LogP contribution is -2.47. The van der Waals surface area contributed by atoms with Crippen LogP contribution in [0, 0.1) is 5.41 Å². The van der Waals surface area contributed by atoms with Crippen LogP contribution in [0.15, 0.2) is 0 Å². The molecule has 2 amide bonds. The molecule has 1 saturated heterocycles. The number of rotatable bonds is 7. The van der Waals surface area contributed by atoms with Crippen molar-refractivity contribution in [2.24, 2.45) is 5.41 Å². The Balaban J connectivity index is 1.71. The molecule has 2 aliphatic rings. The fourth-order valence-electron chi connectivity index (χ4n) is 2.75. The van der Waals surface area contributed by atoms with Crippen LogP contribution in [0.25, 0.3) is 0 Å². The van der Waals surface area contributed by atoms with Crippen LogP contribution in [0.5, 0.6) is 0 Å². The minimum atomic E-state index is -0.0435. The largest absolute Gasteiger partial charge is 0.381 e. The smallest absolute Gasteiger partial charge is 0.239 e. The van der Waals surface area contributed by atoms with E-state index in [2.05, 4.69) is 5.32 Å². The van der Waals surface area contributed by atoms with Gasteiger partial charge in [-0.1, -0.05) is 6.42 Å². The molecular weight excluding hydrogens is 244 g/mol.